The van der Waals surface area contributed by atoms with Gasteiger partial charge in [0.1, 0.15) is 5.75 Å². The molecule has 1 aliphatic heterocycles. The molecule has 3 atom stereocenters. The number of phenols is 1. The Morgan fingerprint density at radius 3 is 2.74 bits per heavy atom. The predicted molar refractivity (Wildman–Crippen MR) is 138 cm³/mol. The zero-order valence-corrected chi connectivity index (χ0v) is 20.0. The molecule has 34 heavy (non-hydrogen) atoms. The monoisotopic (exact) mass is 454 g/mol. The van der Waals surface area contributed by atoms with Crippen LogP contribution in [0.15, 0.2) is 79.4 Å². The van der Waals surface area contributed by atoms with Crippen molar-refractivity contribution in [3.05, 3.63) is 90.5 Å². The summed E-state index contributed by atoms with van der Waals surface area (Å²) < 4.78 is 0. The van der Waals surface area contributed by atoms with Crippen LogP contribution in [0.2, 0.25) is 0 Å². The molecule has 1 heterocycles. The molecule has 3 aromatic carbocycles. The van der Waals surface area contributed by atoms with E-state index in [1.165, 1.54) is 5.56 Å². The molecular weight excluding hydrogens is 420 g/mol. The minimum absolute atomic E-state index is 0.0305. The number of fused-ring (bicyclic) bond motifs is 2. The largest absolute Gasteiger partial charge is 0.508 e. The average Bonchev–Trinajstić information content (AvgIpc) is 2.87. The molecule has 0 spiro atoms. The summed E-state index contributed by atoms with van der Waals surface area (Å²) in [7, 11) is 1.96. The third-order valence-electron chi connectivity index (χ3n) is 8.26. The fourth-order valence-corrected chi connectivity index (χ4v) is 6.38. The molecule has 4 nitrogen and oxygen atoms in total. The van der Waals surface area contributed by atoms with E-state index in [0.717, 1.165) is 61.7 Å². The van der Waals surface area contributed by atoms with Crippen molar-refractivity contribution in [3.8, 4) is 5.75 Å². The Bertz CT molecular complexity index is 1210. The van der Waals surface area contributed by atoms with Gasteiger partial charge in [-0.05, 0) is 78.7 Å². The number of phenolic OH excluding ortho intramolecular Hbond substituents is 1. The number of piperidine rings is 1. The maximum atomic E-state index is 13.5. The summed E-state index contributed by atoms with van der Waals surface area (Å²) in [5.41, 5.74) is 1.93. The molecule has 4 heteroatoms. The van der Waals surface area contributed by atoms with Gasteiger partial charge in [-0.15, -0.1) is 6.58 Å². The van der Waals surface area contributed by atoms with Crippen LogP contribution in [0.1, 0.15) is 41.6 Å². The van der Waals surface area contributed by atoms with Crippen LogP contribution in [0.5, 0.6) is 5.75 Å². The highest BCUT2D eigenvalue weighted by atomic mass is 16.3. The number of hydrogen-bond donors (Lipinski definition) is 1. The van der Waals surface area contributed by atoms with E-state index in [-0.39, 0.29) is 17.4 Å². The van der Waals surface area contributed by atoms with Crippen molar-refractivity contribution < 1.29 is 9.90 Å². The van der Waals surface area contributed by atoms with E-state index in [9.17, 15) is 9.90 Å². The van der Waals surface area contributed by atoms with Gasteiger partial charge in [-0.25, -0.2) is 0 Å². The third kappa shape index (κ3) is 4.12. The van der Waals surface area contributed by atoms with Gasteiger partial charge < -0.3 is 10.0 Å². The number of hydrogen-bond acceptors (Lipinski definition) is 3. The Kier molecular flexibility index (Phi) is 6.18. The number of aromatic hydroxyl groups is 1. The Morgan fingerprint density at radius 1 is 1.12 bits per heavy atom. The molecule has 2 fully saturated rings. The maximum Gasteiger partial charge on any atom is 0.253 e. The lowest BCUT2D eigenvalue weighted by Gasteiger charge is -2.54. The van der Waals surface area contributed by atoms with E-state index in [4.69, 9.17) is 0 Å². The third-order valence-corrected chi connectivity index (χ3v) is 8.26. The van der Waals surface area contributed by atoms with Crippen molar-refractivity contribution in [2.75, 3.05) is 26.7 Å². The standard InChI is InChI=1S/C30H34N2O2/c1-3-16-32-17-15-30(25-9-6-10-28(33)19-25)20-27(14-13-26(30)21-32)31(2)29(34)24-12-11-22-7-4-5-8-23(22)18-24/h3-12,18-19,26-27,33H,1,13-17,20-21H2,2H3. The normalized spacial score (nSPS) is 25.0. The minimum Gasteiger partial charge on any atom is -0.508 e. The van der Waals surface area contributed by atoms with Crippen molar-refractivity contribution in [3.63, 3.8) is 0 Å². The molecule has 1 saturated carbocycles. The Hall–Kier alpha value is -3.11. The zero-order valence-electron chi connectivity index (χ0n) is 20.0. The molecule has 0 radical (unpaired) electrons. The molecule has 176 valence electrons. The Balaban J connectivity index is 1.43. The number of rotatable bonds is 5. The summed E-state index contributed by atoms with van der Waals surface area (Å²) in [6.45, 7) is 6.89. The topological polar surface area (TPSA) is 43.8 Å². The number of nitrogens with zero attached hydrogens (tertiary/aromatic N) is 2. The van der Waals surface area contributed by atoms with Crippen molar-refractivity contribution in [2.45, 2.75) is 37.1 Å². The van der Waals surface area contributed by atoms with Crippen LogP contribution in [0.4, 0.5) is 0 Å². The first-order valence-corrected chi connectivity index (χ1v) is 12.4. The van der Waals surface area contributed by atoms with Gasteiger partial charge in [0, 0.05) is 37.2 Å². The van der Waals surface area contributed by atoms with Crippen LogP contribution >= 0.6 is 0 Å². The summed E-state index contributed by atoms with van der Waals surface area (Å²) in [4.78, 5) is 18.0. The SMILES string of the molecule is C=CCN1CCC2(c3cccc(O)c3)CC(N(C)C(=O)c3ccc4ccccc4c3)CCC2C1. The van der Waals surface area contributed by atoms with E-state index in [0.29, 0.717) is 11.7 Å². The number of benzene rings is 3. The predicted octanol–water partition coefficient (Wildman–Crippen LogP) is 5.62. The Labute approximate surface area is 202 Å². The number of amides is 1. The Morgan fingerprint density at radius 2 is 1.94 bits per heavy atom. The van der Waals surface area contributed by atoms with Crippen molar-refractivity contribution in [1.29, 1.82) is 0 Å². The highest BCUT2D eigenvalue weighted by Crippen LogP contribution is 2.50. The first-order chi connectivity index (χ1) is 16.5. The van der Waals surface area contributed by atoms with Crippen molar-refractivity contribution >= 4 is 16.7 Å². The number of carbonyl (C=O) groups is 1. The quantitative estimate of drug-likeness (QED) is 0.509. The van der Waals surface area contributed by atoms with Gasteiger partial charge in [0.15, 0.2) is 0 Å². The lowest BCUT2D eigenvalue weighted by molar-refractivity contribution is 0.0221. The molecule has 1 aliphatic carbocycles. The van der Waals surface area contributed by atoms with Crippen LogP contribution in [-0.2, 0) is 5.41 Å². The molecular formula is C30H34N2O2. The summed E-state index contributed by atoms with van der Waals surface area (Å²) in [5, 5.41) is 12.5. The summed E-state index contributed by atoms with van der Waals surface area (Å²) in [5.74, 6) is 0.912. The van der Waals surface area contributed by atoms with Gasteiger partial charge in [0.25, 0.3) is 5.91 Å². The molecule has 1 saturated heterocycles. The molecule has 2 aliphatic rings. The molecule has 5 rings (SSSR count). The second-order valence-corrected chi connectivity index (χ2v) is 10.1. The molecule has 1 amide bonds. The smallest absolute Gasteiger partial charge is 0.253 e. The van der Waals surface area contributed by atoms with Crippen LogP contribution in [0.3, 0.4) is 0 Å². The lowest BCUT2D eigenvalue weighted by atomic mass is 9.57. The van der Waals surface area contributed by atoms with Gasteiger partial charge in [0.2, 0.25) is 0 Å². The van der Waals surface area contributed by atoms with Gasteiger partial charge in [-0.1, -0.05) is 48.5 Å². The van der Waals surface area contributed by atoms with Crippen LogP contribution in [0, 0.1) is 5.92 Å². The second-order valence-electron chi connectivity index (χ2n) is 10.1. The summed E-state index contributed by atoms with van der Waals surface area (Å²) in [6, 6.07) is 22.2. The van der Waals surface area contributed by atoms with E-state index in [1.54, 1.807) is 6.07 Å². The van der Waals surface area contributed by atoms with Gasteiger partial charge in [-0.2, -0.15) is 0 Å². The molecule has 3 aromatic rings. The minimum atomic E-state index is -0.0305. The van der Waals surface area contributed by atoms with Crippen molar-refractivity contribution in [2.24, 2.45) is 5.92 Å². The van der Waals surface area contributed by atoms with E-state index < -0.39 is 0 Å². The molecule has 3 unspecified atom stereocenters. The average molecular weight is 455 g/mol. The van der Waals surface area contributed by atoms with Crippen LogP contribution in [0.25, 0.3) is 10.8 Å². The first-order valence-electron chi connectivity index (χ1n) is 12.4. The van der Waals surface area contributed by atoms with E-state index in [2.05, 4.69) is 29.7 Å². The van der Waals surface area contributed by atoms with E-state index >= 15 is 0 Å². The highest BCUT2D eigenvalue weighted by Gasteiger charge is 2.49. The lowest BCUT2D eigenvalue weighted by Crippen LogP contribution is -2.56. The molecule has 0 aromatic heterocycles. The van der Waals surface area contributed by atoms with Gasteiger partial charge in [-0.3, -0.25) is 9.69 Å². The fourth-order valence-electron chi connectivity index (χ4n) is 6.38. The summed E-state index contributed by atoms with van der Waals surface area (Å²) in [6.07, 6.45) is 6.03. The number of carbonyl (C=O) groups excluding carboxylic acids is 1. The second kappa shape index (κ2) is 9.27. The fraction of sp³-hybridized carbons (Fsp3) is 0.367. The van der Waals surface area contributed by atoms with Crippen molar-refractivity contribution in [1.82, 2.24) is 9.80 Å². The highest BCUT2D eigenvalue weighted by molar-refractivity contribution is 5.98. The van der Waals surface area contributed by atoms with Gasteiger partial charge in [0.05, 0.1) is 0 Å². The molecule has 0 bridgehead atoms. The van der Waals surface area contributed by atoms with Gasteiger partial charge >= 0.3 is 0 Å². The number of likely N-dealkylation sites (tertiary alicyclic amines) is 1. The first kappa shape index (κ1) is 22.7. The van der Waals surface area contributed by atoms with E-state index in [1.807, 2.05) is 60.5 Å². The van der Waals surface area contributed by atoms with Crippen LogP contribution in [-0.4, -0.2) is 53.5 Å². The summed E-state index contributed by atoms with van der Waals surface area (Å²) >= 11 is 0. The molecule has 1 N–H and O–H groups in total. The van der Waals surface area contributed by atoms with Crippen LogP contribution < -0.4 is 0 Å². The zero-order chi connectivity index (χ0) is 23.7. The maximum absolute atomic E-state index is 13.5.